The third kappa shape index (κ3) is 1.94. The van der Waals surface area contributed by atoms with E-state index < -0.39 is 0 Å². The molecule has 1 aromatic rings. The van der Waals surface area contributed by atoms with E-state index in [2.05, 4.69) is 19.9 Å². The molecule has 1 aromatic carbocycles. The van der Waals surface area contributed by atoms with Gasteiger partial charge >= 0.3 is 0 Å². The second-order valence-corrected chi connectivity index (χ2v) is 3.61. The zero-order valence-electron chi connectivity index (χ0n) is 8.72. The van der Waals surface area contributed by atoms with Crippen LogP contribution < -0.4 is 10.5 Å². The maximum absolute atomic E-state index is 5.85. The van der Waals surface area contributed by atoms with E-state index in [1.54, 1.807) is 7.11 Å². The third-order valence-electron chi connectivity index (χ3n) is 2.20. The summed E-state index contributed by atoms with van der Waals surface area (Å²) in [6.07, 6.45) is 0. The summed E-state index contributed by atoms with van der Waals surface area (Å²) in [4.78, 5) is 0. The first kappa shape index (κ1) is 9.90. The number of ether oxygens (including phenoxy) is 1. The first-order valence-electron chi connectivity index (χ1n) is 4.50. The molecule has 0 bridgehead atoms. The quantitative estimate of drug-likeness (QED) is 0.708. The fourth-order valence-corrected chi connectivity index (χ4v) is 1.44. The Morgan fingerprint density at radius 3 is 2.31 bits per heavy atom. The Labute approximate surface area is 79.7 Å². The molecule has 0 saturated carbocycles. The van der Waals surface area contributed by atoms with Gasteiger partial charge in [0.2, 0.25) is 0 Å². The number of rotatable bonds is 2. The van der Waals surface area contributed by atoms with Crippen LogP contribution in [0, 0.1) is 6.92 Å². The van der Waals surface area contributed by atoms with Crippen molar-refractivity contribution < 1.29 is 4.74 Å². The van der Waals surface area contributed by atoms with Crippen molar-refractivity contribution in [2.24, 2.45) is 0 Å². The van der Waals surface area contributed by atoms with Crippen LogP contribution in [0.1, 0.15) is 30.9 Å². The lowest BCUT2D eigenvalue weighted by Gasteiger charge is -2.12. The smallest absolute Gasteiger partial charge is 0.144 e. The molecule has 0 amide bonds. The van der Waals surface area contributed by atoms with Crippen molar-refractivity contribution in [3.63, 3.8) is 0 Å². The molecule has 0 fully saturated rings. The molecule has 2 N–H and O–H groups in total. The van der Waals surface area contributed by atoms with Crippen LogP contribution in [0.15, 0.2) is 12.1 Å². The molecular weight excluding hydrogens is 162 g/mol. The van der Waals surface area contributed by atoms with Gasteiger partial charge in [-0.15, -0.1) is 0 Å². The van der Waals surface area contributed by atoms with Gasteiger partial charge in [-0.25, -0.2) is 0 Å². The van der Waals surface area contributed by atoms with Gasteiger partial charge in [-0.3, -0.25) is 0 Å². The number of nitrogens with two attached hydrogens (primary N) is 1. The minimum atomic E-state index is 0.506. The normalized spacial score (nSPS) is 10.5. The Hall–Kier alpha value is -1.18. The van der Waals surface area contributed by atoms with Crippen LogP contribution in [0.5, 0.6) is 5.75 Å². The molecule has 0 heterocycles. The molecule has 0 unspecified atom stereocenters. The largest absolute Gasteiger partial charge is 0.494 e. The van der Waals surface area contributed by atoms with Gasteiger partial charge in [-0.1, -0.05) is 19.9 Å². The van der Waals surface area contributed by atoms with Gasteiger partial charge in [0.1, 0.15) is 5.75 Å². The lowest BCUT2D eigenvalue weighted by Crippen LogP contribution is -1.98. The number of benzene rings is 1. The van der Waals surface area contributed by atoms with E-state index in [0.29, 0.717) is 5.92 Å². The standard InChI is InChI=1S/C11H17NO/c1-7(2)9-5-8(3)11(13-4)10(12)6-9/h5-7H,12H2,1-4H3. The Morgan fingerprint density at radius 1 is 1.31 bits per heavy atom. The van der Waals surface area contributed by atoms with Crippen LogP contribution in [-0.4, -0.2) is 7.11 Å². The number of hydrogen-bond donors (Lipinski definition) is 1. The van der Waals surface area contributed by atoms with Crippen LogP contribution in [0.25, 0.3) is 0 Å². The first-order chi connectivity index (χ1) is 6.06. The van der Waals surface area contributed by atoms with Gasteiger partial charge in [0.15, 0.2) is 0 Å². The van der Waals surface area contributed by atoms with Crippen LogP contribution in [0.3, 0.4) is 0 Å². The number of aryl methyl sites for hydroxylation is 1. The molecule has 0 aliphatic heterocycles. The predicted molar refractivity (Wildman–Crippen MR) is 56.2 cm³/mol. The molecule has 0 aliphatic rings. The molecule has 1 rings (SSSR count). The Balaban J connectivity index is 3.20. The van der Waals surface area contributed by atoms with Crippen LogP contribution >= 0.6 is 0 Å². The number of hydrogen-bond acceptors (Lipinski definition) is 2. The zero-order valence-corrected chi connectivity index (χ0v) is 8.72. The molecule has 2 nitrogen and oxygen atoms in total. The Morgan fingerprint density at radius 2 is 1.92 bits per heavy atom. The monoisotopic (exact) mass is 179 g/mol. The maximum Gasteiger partial charge on any atom is 0.144 e. The SMILES string of the molecule is COc1c(C)cc(C(C)C)cc1N. The van der Waals surface area contributed by atoms with E-state index in [4.69, 9.17) is 10.5 Å². The van der Waals surface area contributed by atoms with E-state index in [0.717, 1.165) is 17.0 Å². The second kappa shape index (κ2) is 3.69. The van der Waals surface area contributed by atoms with Gasteiger partial charge < -0.3 is 10.5 Å². The van der Waals surface area contributed by atoms with Crippen LogP contribution in [0.4, 0.5) is 5.69 Å². The Kier molecular flexibility index (Phi) is 2.81. The summed E-state index contributed by atoms with van der Waals surface area (Å²) in [6, 6.07) is 4.11. The topological polar surface area (TPSA) is 35.2 Å². The molecule has 0 atom stereocenters. The molecule has 0 aliphatic carbocycles. The summed E-state index contributed by atoms with van der Waals surface area (Å²) in [5.74, 6) is 1.30. The average molecular weight is 179 g/mol. The van der Waals surface area contributed by atoms with Crippen molar-refractivity contribution in [1.29, 1.82) is 0 Å². The summed E-state index contributed by atoms with van der Waals surface area (Å²) in [5.41, 5.74) is 8.94. The molecule has 0 aromatic heterocycles. The summed E-state index contributed by atoms with van der Waals surface area (Å²) >= 11 is 0. The van der Waals surface area contributed by atoms with Crippen LogP contribution in [-0.2, 0) is 0 Å². The zero-order chi connectivity index (χ0) is 10.0. The van der Waals surface area contributed by atoms with E-state index in [9.17, 15) is 0 Å². The maximum atomic E-state index is 5.85. The van der Waals surface area contributed by atoms with Crippen LogP contribution in [0.2, 0.25) is 0 Å². The minimum Gasteiger partial charge on any atom is -0.494 e. The Bertz CT molecular complexity index is 282. The van der Waals surface area contributed by atoms with Crippen molar-refractivity contribution in [3.05, 3.63) is 23.3 Å². The number of methoxy groups -OCH3 is 1. The highest BCUT2D eigenvalue weighted by molar-refractivity contribution is 5.58. The highest BCUT2D eigenvalue weighted by Gasteiger charge is 2.07. The fourth-order valence-electron chi connectivity index (χ4n) is 1.44. The van der Waals surface area contributed by atoms with Gasteiger partial charge in [-0.2, -0.15) is 0 Å². The van der Waals surface area contributed by atoms with E-state index in [1.807, 2.05) is 13.0 Å². The molecule has 0 spiro atoms. The van der Waals surface area contributed by atoms with E-state index in [1.165, 1.54) is 5.56 Å². The molecule has 0 radical (unpaired) electrons. The van der Waals surface area contributed by atoms with Gasteiger partial charge in [-0.05, 0) is 30.0 Å². The van der Waals surface area contributed by atoms with Crippen molar-refractivity contribution in [2.45, 2.75) is 26.7 Å². The van der Waals surface area contributed by atoms with Gasteiger partial charge in [0, 0.05) is 0 Å². The summed E-state index contributed by atoms with van der Waals surface area (Å²) in [6.45, 7) is 6.32. The minimum absolute atomic E-state index is 0.506. The van der Waals surface area contributed by atoms with E-state index in [-0.39, 0.29) is 0 Å². The lowest BCUT2D eigenvalue weighted by atomic mass is 10.00. The fraction of sp³-hybridized carbons (Fsp3) is 0.455. The lowest BCUT2D eigenvalue weighted by molar-refractivity contribution is 0.413. The third-order valence-corrected chi connectivity index (χ3v) is 2.20. The van der Waals surface area contributed by atoms with Crippen molar-refractivity contribution in [3.8, 4) is 5.75 Å². The number of anilines is 1. The van der Waals surface area contributed by atoms with Gasteiger partial charge in [0.25, 0.3) is 0 Å². The first-order valence-corrected chi connectivity index (χ1v) is 4.50. The van der Waals surface area contributed by atoms with E-state index >= 15 is 0 Å². The average Bonchev–Trinajstić information content (AvgIpc) is 2.03. The molecule has 72 valence electrons. The summed E-state index contributed by atoms with van der Waals surface area (Å²) in [5, 5.41) is 0. The molecule has 2 heteroatoms. The van der Waals surface area contributed by atoms with Crippen molar-refractivity contribution in [2.75, 3.05) is 12.8 Å². The number of nitrogen functional groups attached to an aromatic ring is 1. The van der Waals surface area contributed by atoms with Crippen molar-refractivity contribution >= 4 is 5.69 Å². The second-order valence-electron chi connectivity index (χ2n) is 3.61. The highest BCUT2D eigenvalue weighted by Crippen LogP contribution is 2.29. The molecule has 0 saturated heterocycles. The highest BCUT2D eigenvalue weighted by atomic mass is 16.5. The molecule has 13 heavy (non-hydrogen) atoms. The predicted octanol–water partition coefficient (Wildman–Crippen LogP) is 2.71. The molecular formula is C11H17NO. The summed E-state index contributed by atoms with van der Waals surface area (Å²) < 4.78 is 5.19. The van der Waals surface area contributed by atoms with Crippen molar-refractivity contribution in [1.82, 2.24) is 0 Å². The van der Waals surface area contributed by atoms with Gasteiger partial charge in [0.05, 0.1) is 12.8 Å². The summed E-state index contributed by atoms with van der Waals surface area (Å²) in [7, 11) is 1.65.